The van der Waals surface area contributed by atoms with E-state index in [1.54, 1.807) is 4.31 Å². The summed E-state index contributed by atoms with van der Waals surface area (Å²) >= 11 is 0. The maximum absolute atomic E-state index is 12.4. The molecule has 0 aromatic carbocycles. The van der Waals surface area contributed by atoms with Crippen LogP contribution in [0.5, 0.6) is 0 Å². The molecular formula is C13H27N3O2S. The van der Waals surface area contributed by atoms with Crippen molar-refractivity contribution in [2.75, 3.05) is 39.0 Å². The Labute approximate surface area is 117 Å². The molecule has 19 heavy (non-hydrogen) atoms. The Morgan fingerprint density at radius 1 is 1.26 bits per heavy atom. The van der Waals surface area contributed by atoms with Crippen molar-refractivity contribution in [3.8, 4) is 0 Å². The number of likely N-dealkylation sites (N-methyl/N-ethyl adjacent to an activating group) is 1. The van der Waals surface area contributed by atoms with E-state index in [2.05, 4.69) is 24.2 Å². The highest BCUT2D eigenvalue weighted by atomic mass is 32.2. The number of sulfonamides is 1. The van der Waals surface area contributed by atoms with Crippen molar-refractivity contribution >= 4 is 10.0 Å². The molecule has 0 saturated carbocycles. The third-order valence-electron chi connectivity index (χ3n) is 4.45. The molecule has 112 valence electrons. The molecule has 2 aliphatic rings. The summed E-state index contributed by atoms with van der Waals surface area (Å²) in [6.45, 7) is 5.24. The molecule has 2 fully saturated rings. The topological polar surface area (TPSA) is 52.7 Å². The number of piperidine rings is 1. The summed E-state index contributed by atoms with van der Waals surface area (Å²) in [5.41, 5.74) is 0. The van der Waals surface area contributed by atoms with Gasteiger partial charge >= 0.3 is 0 Å². The quantitative estimate of drug-likeness (QED) is 0.818. The second kappa shape index (κ2) is 6.52. The van der Waals surface area contributed by atoms with E-state index in [-0.39, 0.29) is 0 Å². The average molecular weight is 289 g/mol. The summed E-state index contributed by atoms with van der Waals surface area (Å²) in [6, 6.07) is 0.713. The molecule has 2 saturated heterocycles. The van der Waals surface area contributed by atoms with Crippen molar-refractivity contribution in [2.45, 2.75) is 44.7 Å². The maximum atomic E-state index is 12.4. The SMILES string of the molecule is CC1CN(S(=O)(=O)CCC2CCCCN2)CCN1C. The second-order valence-corrected chi connectivity index (χ2v) is 8.03. The fourth-order valence-corrected chi connectivity index (χ4v) is 4.50. The van der Waals surface area contributed by atoms with E-state index in [1.807, 2.05) is 0 Å². The standard InChI is InChI=1S/C13H27N3O2S/c1-12-11-16(9-8-15(12)2)19(17,18)10-6-13-5-3-4-7-14-13/h12-14H,3-11H2,1-2H3. The third kappa shape index (κ3) is 4.15. The van der Waals surface area contributed by atoms with Gasteiger partial charge in [0.15, 0.2) is 0 Å². The first-order valence-electron chi connectivity index (χ1n) is 7.40. The van der Waals surface area contributed by atoms with Crippen LogP contribution < -0.4 is 5.32 Å². The van der Waals surface area contributed by atoms with Gasteiger partial charge in [-0.25, -0.2) is 8.42 Å². The molecular weight excluding hydrogens is 262 g/mol. The molecule has 0 amide bonds. The zero-order chi connectivity index (χ0) is 13.9. The summed E-state index contributed by atoms with van der Waals surface area (Å²) in [5, 5.41) is 3.42. The van der Waals surface area contributed by atoms with Gasteiger partial charge in [-0.2, -0.15) is 4.31 Å². The summed E-state index contributed by atoms with van der Waals surface area (Å²) in [4.78, 5) is 2.22. The minimum absolute atomic E-state index is 0.293. The Hall–Kier alpha value is -0.170. The van der Waals surface area contributed by atoms with Crippen molar-refractivity contribution in [3.05, 3.63) is 0 Å². The van der Waals surface area contributed by atoms with Gasteiger partial charge in [0, 0.05) is 31.7 Å². The van der Waals surface area contributed by atoms with Crippen LogP contribution >= 0.6 is 0 Å². The lowest BCUT2D eigenvalue weighted by Gasteiger charge is -2.37. The lowest BCUT2D eigenvalue weighted by molar-refractivity contribution is 0.159. The van der Waals surface area contributed by atoms with E-state index in [4.69, 9.17) is 0 Å². The van der Waals surface area contributed by atoms with E-state index in [1.165, 1.54) is 12.8 Å². The summed E-state index contributed by atoms with van der Waals surface area (Å²) in [5.74, 6) is 0.293. The Morgan fingerprint density at radius 2 is 2.05 bits per heavy atom. The van der Waals surface area contributed by atoms with E-state index in [0.29, 0.717) is 30.9 Å². The van der Waals surface area contributed by atoms with Crippen LogP contribution in [0.4, 0.5) is 0 Å². The molecule has 0 aromatic rings. The number of hydrogen-bond acceptors (Lipinski definition) is 4. The first-order chi connectivity index (χ1) is 8.99. The molecule has 2 heterocycles. The zero-order valence-electron chi connectivity index (χ0n) is 12.1. The van der Waals surface area contributed by atoms with Gasteiger partial charge in [-0.3, -0.25) is 0 Å². The predicted octanol–water partition coefficient (Wildman–Crippen LogP) is 0.484. The molecule has 1 N–H and O–H groups in total. The van der Waals surface area contributed by atoms with Crippen molar-refractivity contribution in [1.82, 2.24) is 14.5 Å². The Kier molecular flexibility index (Phi) is 5.22. The van der Waals surface area contributed by atoms with Gasteiger partial charge in [0.05, 0.1) is 5.75 Å². The van der Waals surface area contributed by atoms with Gasteiger partial charge in [0.2, 0.25) is 10.0 Å². The smallest absolute Gasteiger partial charge is 0.214 e. The number of nitrogens with one attached hydrogen (secondary N) is 1. The average Bonchev–Trinajstić information content (AvgIpc) is 2.41. The van der Waals surface area contributed by atoms with E-state index in [9.17, 15) is 8.42 Å². The molecule has 5 nitrogen and oxygen atoms in total. The zero-order valence-corrected chi connectivity index (χ0v) is 13.0. The third-order valence-corrected chi connectivity index (χ3v) is 6.32. The molecule has 2 unspecified atom stereocenters. The molecule has 2 rings (SSSR count). The molecule has 2 aliphatic heterocycles. The van der Waals surface area contributed by atoms with Crippen LogP contribution in [0.2, 0.25) is 0 Å². The molecule has 6 heteroatoms. The predicted molar refractivity (Wildman–Crippen MR) is 77.7 cm³/mol. The van der Waals surface area contributed by atoms with Gasteiger partial charge < -0.3 is 10.2 Å². The molecule has 0 radical (unpaired) electrons. The van der Waals surface area contributed by atoms with E-state index in [0.717, 1.165) is 25.9 Å². The number of hydrogen-bond donors (Lipinski definition) is 1. The first-order valence-corrected chi connectivity index (χ1v) is 9.01. The monoisotopic (exact) mass is 289 g/mol. The minimum atomic E-state index is -3.07. The highest BCUT2D eigenvalue weighted by Gasteiger charge is 2.29. The van der Waals surface area contributed by atoms with Gasteiger partial charge in [0.25, 0.3) is 0 Å². The highest BCUT2D eigenvalue weighted by molar-refractivity contribution is 7.89. The lowest BCUT2D eigenvalue weighted by atomic mass is 10.0. The van der Waals surface area contributed by atoms with Crippen molar-refractivity contribution in [2.24, 2.45) is 0 Å². The van der Waals surface area contributed by atoms with Crippen molar-refractivity contribution in [3.63, 3.8) is 0 Å². The number of piperazine rings is 1. The van der Waals surface area contributed by atoms with Crippen molar-refractivity contribution < 1.29 is 8.42 Å². The van der Waals surface area contributed by atoms with E-state index >= 15 is 0 Å². The molecule has 2 atom stereocenters. The Bertz CT molecular complexity index is 379. The van der Waals surface area contributed by atoms with Gasteiger partial charge in [-0.15, -0.1) is 0 Å². The number of rotatable bonds is 4. The lowest BCUT2D eigenvalue weighted by Crippen LogP contribution is -2.52. The van der Waals surface area contributed by atoms with Crippen molar-refractivity contribution in [1.29, 1.82) is 0 Å². The summed E-state index contributed by atoms with van der Waals surface area (Å²) < 4.78 is 26.4. The van der Waals surface area contributed by atoms with Crippen LogP contribution in [0, 0.1) is 0 Å². The summed E-state index contributed by atoms with van der Waals surface area (Å²) in [6.07, 6.45) is 4.32. The normalized spacial score (nSPS) is 31.5. The Balaban J connectivity index is 1.84. The van der Waals surface area contributed by atoms with Gasteiger partial charge in [-0.1, -0.05) is 6.42 Å². The first kappa shape index (κ1) is 15.2. The highest BCUT2D eigenvalue weighted by Crippen LogP contribution is 2.15. The molecule has 0 spiro atoms. The van der Waals surface area contributed by atoms with E-state index < -0.39 is 10.0 Å². The maximum Gasteiger partial charge on any atom is 0.214 e. The largest absolute Gasteiger partial charge is 0.314 e. The van der Waals surface area contributed by atoms with Crippen LogP contribution in [0.25, 0.3) is 0 Å². The molecule has 0 bridgehead atoms. The number of nitrogens with zero attached hydrogens (tertiary/aromatic N) is 2. The van der Waals surface area contributed by atoms with Crippen LogP contribution in [-0.2, 0) is 10.0 Å². The van der Waals surface area contributed by atoms with Crippen LogP contribution in [-0.4, -0.2) is 68.7 Å². The fourth-order valence-electron chi connectivity index (χ4n) is 2.86. The summed E-state index contributed by atoms with van der Waals surface area (Å²) in [7, 11) is -1.02. The minimum Gasteiger partial charge on any atom is -0.314 e. The second-order valence-electron chi connectivity index (χ2n) is 5.94. The van der Waals surface area contributed by atoms with Gasteiger partial charge in [-0.05, 0) is 39.8 Å². The Morgan fingerprint density at radius 3 is 2.68 bits per heavy atom. The van der Waals surface area contributed by atoms with Gasteiger partial charge in [0.1, 0.15) is 0 Å². The van der Waals surface area contributed by atoms with Crippen LogP contribution in [0.15, 0.2) is 0 Å². The molecule has 0 aromatic heterocycles. The molecule has 0 aliphatic carbocycles. The fraction of sp³-hybridized carbons (Fsp3) is 1.00. The van der Waals surface area contributed by atoms with Crippen LogP contribution in [0.3, 0.4) is 0 Å². The van der Waals surface area contributed by atoms with Crippen LogP contribution in [0.1, 0.15) is 32.6 Å².